The first-order chi connectivity index (χ1) is 18.4. The van der Waals surface area contributed by atoms with Crippen LogP contribution in [0.15, 0.2) is 54.6 Å². The number of nitrogen functional groups attached to an aromatic ring is 1. The van der Waals surface area contributed by atoms with Gasteiger partial charge in [0.05, 0.1) is 35.8 Å². The highest BCUT2D eigenvalue weighted by Gasteiger charge is 2.17. The molecule has 3 aromatic rings. The average Bonchev–Trinajstić information content (AvgIpc) is 2.88. The van der Waals surface area contributed by atoms with E-state index in [1.807, 2.05) is 27.7 Å². The van der Waals surface area contributed by atoms with Crippen LogP contribution in [0.1, 0.15) is 58.8 Å². The molecule has 10 heteroatoms. The van der Waals surface area contributed by atoms with Gasteiger partial charge >= 0.3 is 5.97 Å². The number of phenols is 1. The number of carbonyl (C=O) groups is 3. The van der Waals surface area contributed by atoms with E-state index in [0.29, 0.717) is 35.9 Å². The number of carboxylic acids is 1. The molecule has 0 aliphatic carbocycles. The van der Waals surface area contributed by atoms with E-state index in [9.17, 15) is 19.5 Å². The van der Waals surface area contributed by atoms with E-state index in [0.717, 1.165) is 6.07 Å². The van der Waals surface area contributed by atoms with Gasteiger partial charge in [-0.05, 0) is 66.4 Å². The van der Waals surface area contributed by atoms with Crippen molar-refractivity contribution in [2.24, 2.45) is 11.8 Å². The highest BCUT2D eigenvalue weighted by Crippen LogP contribution is 2.30. The molecule has 0 fully saturated rings. The number of amides is 2. The molecule has 0 aliphatic rings. The molecule has 0 spiro atoms. The first-order valence-electron chi connectivity index (χ1n) is 12.4. The molecule has 0 heterocycles. The minimum absolute atomic E-state index is 0.0471. The lowest BCUT2D eigenvalue weighted by atomic mass is 10.1. The lowest BCUT2D eigenvalue weighted by Gasteiger charge is -2.16. The molecule has 0 radical (unpaired) electrons. The first kappa shape index (κ1) is 28.8. The largest absolute Gasteiger partial charge is 0.506 e. The zero-order chi connectivity index (χ0) is 28.7. The van der Waals surface area contributed by atoms with Crippen LogP contribution in [0.2, 0.25) is 0 Å². The normalized spacial score (nSPS) is 10.8. The second-order valence-corrected chi connectivity index (χ2v) is 9.82. The van der Waals surface area contributed by atoms with Crippen LogP contribution in [0, 0.1) is 11.8 Å². The van der Waals surface area contributed by atoms with E-state index >= 15 is 0 Å². The van der Waals surface area contributed by atoms with Crippen LogP contribution in [-0.4, -0.2) is 41.2 Å². The van der Waals surface area contributed by atoms with Crippen LogP contribution < -0.4 is 25.8 Å². The summed E-state index contributed by atoms with van der Waals surface area (Å²) < 4.78 is 11.6. The molecule has 6 N–H and O–H groups in total. The van der Waals surface area contributed by atoms with Crippen molar-refractivity contribution in [3.63, 3.8) is 0 Å². The molecule has 0 aliphatic heterocycles. The number of aromatic carboxylic acids is 1. The van der Waals surface area contributed by atoms with Crippen molar-refractivity contribution < 1.29 is 34.1 Å². The van der Waals surface area contributed by atoms with Crippen molar-refractivity contribution >= 4 is 34.8 Å². The predicted molar refractivity (Wildman–Crippen MR) is 149 cm³/mol. The number of nitrogens with one attached hydrogen (secondary N) is 2. The Labute approximate surface area is 226 Å². The van der Waals surface area contributed by atoms with E-state index in [4.69, 9.17) is 20.3 Å². The van der Waals surface area contributed by atoms with Crippen LogP contribution in [0.4, 0.5) is 17.1 Å². The second-order valence-electron chi connectivity index (χ2n) is 9.82. The Morgan fingerprint density at radius 3 is 1.79 bits per heavy atom. The van der Waals surface area contributed by atoms with Gasteiger partial charge in [0.1, 0.15) is 17.2 Å². The summed E-state index contributed by atoms with van der Waals surface area (Å²) in [5.41, 5.74) is 7.24. The van der Waals surface area contributed by atoms with Crippen LogP contribution in [-0.2, 0) is 0 Å². The predicted octanol–water partition coefficient (Wildman–Crippen LogP) is 5.25. The van der Waals surface area contributed by atoms with Gasteiger partial charge in [0.25, 0.3) is 11.8 Å². The van der Waals surface area contributed by atoms with Gasteiger partial charge in [-0.3, -0.25) is 9.59 Å². The Balaban J connectivity index is 1.83. The highest BCUT2D eigenvalue weighted by atomic mass is 16.5. The third-order valence-electron chi connectivity index (χ3n) is 5.40. The summed E-state index contributed by atoms with van der Waals surface area (Å²) in [5, 5.41) is 24.5. The number of carbonyl (C=O) groups excluding carboxylic acids is 2. The number of benzene rings is 3. The van der Waals surface area contributed by atoms with Crippen LogP contribution in [0.3, 0.4) is 0 Å². The van der Waals surface area contributed by atoms with E-state index in [1.165, 1.54) is 24.3 Å². The molecule has 3 aromatic carbocycles. The second kappa shape index (κ2) is 12.7. The molecular weight excluding hydrogens is 502 g/mol. The quantitative estimate of drug-likeness (QED) is 0.164. The van der Waals surface area contributed by atoms with E-state index in [1.54, 1.807) is 24.3 Å². The number of hydrogen-bond donors (Lipinski definition) is 5. The molecular formula is C29H33N3O7. The molecule has 3 rings (SSSR count). The van der Waals surface area contributed by atoms with Crippen molar-refractivity contribution in [2.75, 3.05) is 29.6 Å². The molecule has 10 nitrogen and oxygen atoms in total. The maximum atomic E-state index is 13.1. The minimum Gasteiger partial charge on any atom is -0.506 e. The first-order valence-corrected chi connectivity index (χ1v) is 12.4. The molecule has 2 amide bonds. The van der Waals surface area contributed by atoms with Gasteiger partial charge < -0.3 is 36.1 Å². The van der Waals surface area contributed by atoms with E-state index in [-0.39, 0.29) is 40.1 Å². The van der Waals surface area contributed by atoms with Gasteiger partial charge in [-0.15, -0.1) is 0 Å². The van der Waals surface area contributed by atoms with Crippen LogP contribution >= 0.6 is 0 Å². The molecule has 39 heavy (non-hydrogen) atoms. The van der Waals surface area contributed by atoms with Crippen molar-refractivity contribution in [2.45, 2.75) is 27.7 Å². The lowest BCUT2D eigenvalue weighted by molar-refractivity contribution is 0.0696. The maximum Gasteiger partial charge on any atom is 0.335 e. The van der Waals surface area contributed by atoms with Gasteiger partial charge in [-0.2, -0.15) is 0 Å². The number of phenolic OH excluding ortho intramolecular Hbond substituents is 1. The number of aromatic hydroxyl groups is 1. The van der Waals surface area contributed by atoms with Gasteiger partial charge in [-0.25, -0.2) is 4.79 Å². The maximum absolute atomic E-state index is 13.1. The van der Waals surface area contributed by atoms with Crippen molar-refractivity contribution in [1.29, 1.82) is 0 Å². The summed E-state index contributed by atoms with van der Waals surface area (Å²) in [7, 11) is 0. The SMILES string of the molecule is CC(C)COc1cc(C(=O)Nc2ccc(C(=O)Nc3ccc(C(=O)O)cc3O)cc2OCC(C)C)ccc1N. The van der Waals surface area contributed by atoms with Crippen LogP contribution in [0.5, 0.6) is 17.2 Å². The molecule has 0 atom stereocenters. The number of ether oxygens (including phenoxy) is 2. The summed E-state index contributed by atoms with van der Waals surface area (Å²) in [6, 6.07) is 12.9. The summed E-state index contributed by atoms with van der Waals surface area (Å²) in [6.45, 7) is 8.73. The van der Waals surface area contributed by atoms with Crippen LogP contribution in [0.25, 0.3) is 0 Å². The van der Waals surface area contributed by atoms with Crippen molar-refractivity contribution in [1.82, 2.24) is 0 Å². The Hall–Kier alpha value is -4.73. The Morgan fingerprint density at radius 2 is 1.23 bits per heavy atom. The molecule has 0 bridgehead atoms. The fourth-order valence-corrected chi connectivity index (χ4v) is 3.36. The van der Waals surface area contributed by atoms with E-state index < -0.39 is 17.8 Å². The standard InChI is InChI=1S/C29H33N3O7/c1-16(2)14-38-25-12-18(5-8-21(25)30)28(35)32-23-10-6-19(13-26(23)39-15-17(3)4)27(34)31-22-9-7-20(29(36)37)11-24(22)33/h5-13,16-17,33H,14-15,30H2,1-4H3,(H,31,34)(H,32,35)(H,36,37). The van der Waals surface area contributed by atoms with Gasteiger partial charge in [-0.1, -0.05) is 27.7 Å². The fraction of sp³-hybridized carbons (Fsp3) is 0.276. The van der Waals surface area contributed by atoms with Gasteiger partial charge in [0.2, 0.25) is 0 Å². The number of carboxylic acid groups (broad SMARTS) is 1. The smallest absolute Gasteiger partial charge is 0.335 e. The summed E-state index contributed by atoms with van der Waals surface area (Å²) in [5.74, 6) is -1.42. The molecule has 206 valence electrons. The number of nitrogens with two attached hydrogens (primary N) is 1. The molecule has 0 unspecified atom stereocenters. The summed E-state index contributed by atoms with van der Waals surface area (Å²) >= 11 is 0. The van der Waals surface area contributed by atoms with Gasteiger partial charge in [0.15, 0.2) is 0 Å². The topological polar surface area (TPSA) is 160 Å². The molecule has 0 aromatic heterocycles. The molecule has 0 saturated carbocycles. The number of rotatable bonds is 11. The number of anilines is 3. The Morgan fingerprint density at radius 1 is 0.744 bits per heavy atom. The van der Waals surface area contributed by atoms with Crippen molar-refractivity contribution in [3.8, 4) is 17.2 Å². The molecule has 0 saturated heterocycles. The third-order valence-corrected chi connectivity index (χ3v) is 5.40. The fourth-order valence-electron chi connectivity index (χ4n) is 3.36. The third kappa shape index (κ3) is 7.88. The zero-order valence-corrected chi connectivity index (χ0v) is 22.3. The Kier molecular flexibility index (Phi) is 9.38. The summed E-state index contributed by atoms with van der Waals surface area (Å²) in [6.07, 6.45) is 0. The summed E-state index contributed by atoms with van der Waals surface area (Å²) in [4.78, 5) is 37.1. The van der Waals surface area contributed by atoms with Gasteiger partial charge in [0, 0.05) is 11.1 Å². The minimum atomic E-state index is -1.20. The lowest BCUT2D eigenvalue weighted by Crippen LogP contribution is -2.16. The Bertz CT molecular complexity index is 1370. The number of hydrogen-bond acceptors (Lipinski definition) is 7. The monoisotopic (exact) mass is 535 g/mol. The average molecular weight is 536 g/mol. The van der Waals surface area contributed by atoms with Crippen molar-refractivity contribution in [3.05, 3.63) is 71.3 Å². The zero-order valence-electron chi connectivity index (χ0n) is 22.3. The highest BCUT2D eigenvalue weighted by molar-refractivity contribution is 6.08. The van der Waals surface area contributed by atoms with E-state index in [2.05, 4.69) is 10.6 Å².